The van der Waals surface area contributed by atoms with Crippen molar-refractivity contribution >= 4 is 23.1 Å². The van der Waals surface area contributed by atoms with Crippen LogP contribution in [0.4, 0.5) is 23.1 Å². The van der Waals surface area contributed by atoms with Crippen LogP contribution in [0.25, 0.3) is 0 Å². The molecule has 3 rings (SSSR count). The highest BCUT2D eigenvalue weighted by Crippen LogP contribution is 2.25. The van der Waals surface area contributed by atoms with E-state index in [-0.39, 0.29) is 29.3 Å². The summed E-state index contributed by atoms with van der Waals surface area (Å²) in [4.78, 5) is 8.47. The molecule has 0 aliphatic carbocycles. The monoisotopic (exact) mass is 333 g/mol. The van der Waals surface area contributed by atoms with E-state index in [9.17, 15) is 0 Å². The largest absolute Gasteiger partial charge is 0.340 e. The third-order valence-corrected chi connectivity index (χ3v) is 3.56. The molecule has 124 valence electrons. The van der Waals surface area contributed by atoms with Gasteiger partial charge in [0.15, 0.2) is 0 Å². The fourth-order valence-corrected chi connectivity index (χ4v) is 2.54. The van der Waals surface area contributed by atoms with Gasteiger partial charge in [0.1, 0.15) is 5.82 Å². The maximum atomic E-state index is 9.06. The van der Waals surface area contributed by atoms with E-state index in [4.69, 9.17) is 10.7 Å². The number of anilines is 4. The molecule has 5 nitrogen and oxygen atoms in total. The highest BCUT2D eigenvalue weighted by molar-refractivity contribution is 5.66. The second-order valence-corrected chi connectivity index (χ2v) is 5.65. The Morgan fingerprint density at radius 2 is 1.72 bits per heavy atom. The van der Waals surface area contributed by atoms with Gasteiger partial charge in [-0.05, 0) is 62.1 Å². The molecule has 0 atom stereocenters. The lowest BCUT2D eigenvalue weighted by molar-refractivity contribution is 1.16. The summed E-state index contributed by atoms with van der Waals surface area (Å²) in [6, 6.07) is 6.01. The van der Waals surface area contributed by atoms with Crippen molar-refractivity contribution in [3.8, 4) is 6.07 Å². The normalized spacial score (nSPS) is 12.4. The zero-order valence-electron chi connectivity index (χ0n) is 18.2. The van der Waals surface area contributed by atoms with Gasteiger partial charge in [0.05, 0.1) is 17.1 Å². The fraction of sp³-hybridized carbons (Fsp3) is 0.150. The summed E-state index contributed by atoms with van der Waals surface area (Å²) in [5, 5.41) is 15.1. The van der Waals surface area contributed by atoms with Crippen LogP contribution in [0.2, 0.25) is 0 Å². The predicted molar refractivity (Wildman–Crippen MR) is 100 cm³/mol. The summed E-state index contributed by atoms with van der Waals surface area (Å²) in [5.41, 5.74) is 3.86. The molecule has 0 aliphatic rings. The number of aryl methyl sites for hydroxylation is 3. The minimum Gasteiger partial charge on any atom is -0.340 e. The van der Waals surface area contributed by atoms with Gasteiger partial charge in [-0.3, -0.25) is 0 Å². The molecule has 0 amide bonds. The Hall–Kier alpha value is -3.39. The first-order valence-electron chi connectivity index (χ1n) is 9.68. The first-order chi connectivity index (χ1) is 13.7. The van der Waals surface area contributed by atoms with Crippen LogP contribution in [0.3, 0.4) is 0 Å². The number of hydrogen-bond donors (Lipinski definition) is 2. The Kier molecular flexibility index (Phi) is 3.38. The zero-order chi connectivity index (χ0) is 21.3. The molecule has 0 unspecified atom stereocenters. The maximum Gasteiger partial charge on any atom is 0.229 e. The molecular formula is C20H19N5. The van der Waals surface area contributed by atoms with Gasteiger partial charge < -0.3 is 10.6 Å². The van der Waals surface area contributed by atoms with Gasteiger partial charge in [-0.15, -0.1) is 0 Å². The standard InChI is InChI=1S/C20H19N5/c1-13-10-14(2)19(15(3)11-13)24-18-8-9-22-20(25-18)23-17-6-4-16(12-21)5-7-17/h4-11H,1-3H3,(H2,22,23,24,25)/i4D,5D,6D,7D. The third-order valence-electron chi connectivity index (χ3n) is 3.56. The summed E-state index contributed by atoms with van der Waals surface area (Å²) >= 11 is 0. The van der Waals surface area contributed by atoms with E-state index in [1.807, 2.05) is 20.8 Å². The molecule has 25 heavy (non-hydrogen) atoms. The van der Waals surface area contributed by atoms with Crippen molar-refractivity contribution in [3.05, 3.63) is 70.8 Å². The minimum atomic E-state index is -0.406. The average Bonchev–Trinajstić information content (AvgIpc) is 2.67. The first kappa shape index (κ1) is 12.0. The molecule has 2 N–H and O–H groups in total. The Bertz CT molecular complexity index is 1100. The molecule has 1 aromatic heterocycles. The Balaban J connectivity index is 1.96. The van der Waals surface area contributed by atoms with E-state index in [1.54, 1.807) is 12.1 Å². The van der Waals surface area contributed by atoms with E-state index in [2.05, 4.69) is 32.7 Å². The van der Waals surface area contributed by atoms with E-state index in [0.717, 1.165) is 16.8 Å². The smallest absolute Gasteiger partial charge is 0.229 e. The highest BCUT2D eigenvalue weighted by Gasteiger charge is 2.06. The van der Waals surface area contributed by atoms with Gasteiger partial charge in [-0.25, -0.2) is 4.98 Å². The first-order valence-corrected chi connectivity index (χ1v) is 7.68. The van der Waals surface area contributed by atoms with Gasteiger partial charge in [-0.2, -0.15) is 10.2 Å². The number of nitrogens with one attached hydrogen (secondary N) is 2. The molecule has 5 heteroatoms. The topological polar surface area (TPSA) is 73.6 Å². The summed E-state index contributed by atoms with van der Waals surface area (Å²) in [5.74, 6) is 0.629. The molecule has 0 aliphatic heterocycles. The summed E-state index contributed by atoms with van der Waals surface area (Å²) < 4.78 is 31.9. The number of rotatable bonds is 4. The Morgan fingerprint density at radius 1 is 1.04 bits per heavy atom. The molecule has 0 bridgehead atoms. The maximum absolute atomic E-state index is 9.06. The Morgan fingerprint density at radius 3 is 2.36 bits per heavy atom. The van der Waals surface area contributed by atoms with Crippen molar-refractivity contribution in [2.45, 2.75) is 20.8 Å². The van der Waals surface area contributed by atoms with Crippen molar-refractivity contribution < 1.29 is 5.48 Å². The van der Waals surface area contributed by atoms with E-state index in [0.29, 0.717) is 5.82 Å². The minimum absolute atomic E-state index is 0.0844. The van der Waals surface area contributed by atoms with E-state index < -0.39 is 12.1 Å². The SMILES string of the molecule is [2H]c1c([2H])c(Nc2nccc(Nc3c(C)cc(C)cc3C)n2)c([2H])c([2H])c1C#N. The van der Waals surface area contributed by atoms with Crippen LogP contribution < -0.4 is 10.6 Å². The predicted octanol–water partition coefficient (Wildman–Crippen LogP) is 4.76. The van der Waals surface area contributed by atoms with Gasteiger partial charge in [0, 0.05) is 17.6 Å². The Labute approximate surface area is 153 Å². The van der Waals surface area contributed by atoms with E-state index >= 15 is 0 Å². The average molecular weight is 333 g/mol. The lowest BCUT2D eigenvalue weighted by atomic mass is 10.1. The highest BCUT2D eigenvalue weighted by atomic mass is 15.1. The molecule has 2 aromatic carbocycles. The molecule has 0 radical (unpaired) electrons. The molecule has 0 fully saturated rings. The van der Waals surface area contributed by atoms with Crippen molar-refractivity contribution in [2.75, 3.05) is 10.6 Å². The number of aromatic nitrogens is 2. The van der Waals surface area contributed by atoms with Crippen LogP contribution >= 0.6 is 0 Å². The number of benzene rings is 2. The van der Waals surface area contributed by atoms with Gasteiger partial charge in [0.2, 0.25) is 5.95 Å². The fourth-order valence-electron chi connectivity index (χ4n) is 2.54. The molecule has 0 spiro atoms. The van der Waals surface area contributed by atoms with E-state index in [1.165, 1.54) is 11.8 Å². The van der Waals surface area contributed by atoms with Crippen LogP contribution in [0.1, 0.15) is 27.7 Å². The van der Waals surface area contributed by atoms with Gasteiger partial charge >= 0.3 is 0 Å². The quantitative estimate of drug-likeness (QED) is 0.720. The number of hydrogen-bond acceptors (Lipinski definition) is 5. The second-order valence-electron chi connectivity index (χ2n) is 5.65. The van der Waals surface area contributed by atoms with Crippen LogP contribution in [0, 0.1) is 32.1 Å². The van der Waals surface area contributed by atoms with Crippen molar-refractivity contribution in [1.29, 1.82) is 5.26 Å². The molecule has 0 saturated carbocycles. The van der Waals surface area contributed by atoms with Crippen LogP contribution in [-0.2, 0) is 0 Å². The molecule has 1 heterocycles. The summed E-state index contributed by atoms with van der Waals surface area (Å²) in [6.07, 6.45) is 1.52. The molecular weight excluding hydrogens is 310 g/mol. The van der Waals surface area contributed by atoms with Gasteiger partial charge in [-0.1, -0.05) is 17.7 Å². The number of nitriles is 1. The van der Waals surface area contributed by atoms with Gasteiger partial charge in [0.25, 0.3) is 0 Å². The summed E-state index contributed by atoms with van der Waals surface area (Å²) in [7, 11) is 0. The molecule has 0 saturated heterocycles. The van der Waals surface area contributed by atoms with Crippen LogP contribution in [0.15, 0.2) is 48.6 Å². The number of nitrogens with zero attached hydrogens (tertiary/aromatic N) is 3. The lowest BCUT2D eigenvalue weighted by Gasteiger charge is -2.14. The lowest BCUT2D eigenvalue weighted by Crippen LogP contribution is -2.02. The molecule has 3 aromatic rings. The van der Waals surface area contributed by atoms with Crippen molar-refractivity contribution in [2.24, 2.45) is 0 Å². The van der Waals surface area contributed by atoms with Crippen molar-refractivity contribution in [3.63, 3.8) is 0 Å². The zero-order valence-corrected chi connectivity index (χ0v) is 14.2. The van der Waals surface area contributed by atoms with Crippen LogP contribution in [0.5, 0.6) is 0 Å². The van der Waals surface area contributed by atoms with Crippen molar-refractivity contribution in [1.82, 2.24) is 9.97 Å². The van der Waals surface area contributed by atoms with Crippen LogP contribution in [-0.4, -0.2) is 9.97 Å². The second kappa shape index (κ2) is 7.02. The third kappa shape index (κ3) is 3.93. The summed E-state index contributed by atoms with van der Waals surface area (Å²) in [6.45, 7) is 6.04.